The number of rotatable bonds is 3. The molecule has 0 heterocycles. The lowest BCUT2D eigenvalue weighted by molar-refractivity contribution is -0.274. The van der Waals surface area contributed by atoms with E-state index in [2.05, 4.69) is 4.74 Å². The van der Waals surface area contributed by atoms with E-state index in [1.807, 2.05) is 0 Å². The van der Waals surface area contributed by atoms with Gasteiger partial charge in [0.25, 0.3) is 0 Å². The average Bonchev–Trinajstić information content (AvgIpc) is 2.51. The fourth-order valence-electron chi connectivity index (χ4n) is 2.38. The molecule has 0 aliphatic carbocycles. The Bertz CT molecular complexity index is 837. The maximum Gasteiger partial charge on any atom is 0.573 e. The summed E-state index contributed by atoms with van der Waals surface area (Å²) in [5.74, 6) is -2.57. The van der Waals surface area contributed by atoms with Gasteiger partial charge in [-0.25, -0.2) is 4.39 Å². The molecule has 0 bridgehead atoms. The molecule has 0 spiro atoms. The van der Waals surface area contributed by atoms with Gasteiger partial charge in [-0.05, 0) is 29.8 Å². The van der Waals surface area contributed by atoms with Gasteiger partial charge in [0.15, 0.2) is 0 Å². The summed E-state index contributed by atoms with van der Waals surface area (Å²) in [5.41, 5.74) is 0.214. The van der Waals surface area contributed by atoms with Crippen LogP contribution in [-0.2, 0) is 12.4 Å². The Morgan fingerprint density at radius 3 is 1.75 bits per heavy atom. The molecule has 2 aromatic rings. The fraction of sp³-hybridized carbons (Fsp3) is 0.250. The van der Waals surface area contributed by atoms with Crippen molar-refractivity contribution in [2.24, 2.45) is 5.73 Å². The summed E-state index contributed by atoms with van der Waals surface area (Å²) in [6.45, 7) is 0. The molecular formula is C16H9F10NO. The Labute approximate surface area is 150 Å². The van der Waals surface area contributed by atoms with Gasteiger partial charge in [-0.2, -0.15) is 26.3 Å². The molecular weight excluding hydrogens is 412 g/mol. The summed E-state index contributed by atoms with van der Waals surface area (Å²) in [5, 5.41) is 0. The van der Waals surface area contributed by atoms with Gasteiger partial charge in [0.2, 0.25) is 0 Å². The molecule has 154 valence electrons. The molecule has 2 rings (SSSR count). The summed E-state index contributed by atoms with van der Waals surface area (Å²) in [6, 6.07) is 0.797. The van der Waals surface area contributed by atoms with Gasteiger partial charge in [-0.3, -0.25) is 0 Å². The zero-order valence-electron chi connectivity index (χ0n) is 13.3. The molecule has 0 unspecified atom stereocenters. The van der Waals surface area contributed by atoms with E-state index in [9.17, 15) is 43.9 Å². The minimum absolute atomic E-state index is 0.133. The number of ether oxygens (including phenoxy) is 1. The molecule has 0 saturated heterocycles. The van der Waals surface area contributed by atoms with E-state index in [0.29, 0.717) is 0 Å². The van der Waals surface area contributed by atoms with Crippen LogP contribution >= 0.6 is 0 Å². The Hall–Kier alpha value is -2.50. The molecule has 0 radical (unpaired) electrons. The van der Waals surface area contributed by atoms with Crippen molar-refractivity contribution >= 4 is 0 Å². The van der Waals surface area contributed by atoms with Gasteiger partial charge in [0, 0.05) is 5.56 Å². The summed E-state index contributed by atoms with van der Waals surface area (Å²) >= 11 is 0. The molecule has 0 aliphatic heterocycles. The monoisotopic (exact) mass is 421 g/mol. The smallest absolute Gasteiger partial charge is 0.406 e. The second-order valence-electron chi connectivity index (χ2n) is 5.51. The van der Waals surface area contributed by atoms with Gasteiger partial charge < -0.3 is 10.5 Å². The Kier molecular flexibility index (Phi) is 5.57. The Balaban J connectivity index is 2.51. The van der Waals surface area contributed by atoms with Crippen LogP contribution in [0.4, 0.5) is 43.9 Å². The SMILES string of the molecule is N[C@H](c1ccc(OC(F)(F)F)cc1)c1c(F)cc(C(F)(F)F)cc1C(F)(F)F. The van der Waals surface area contributed by atoms with E-state index in [0.717, 1.165) is 24.3 Å². The van der Waals surface area contributed by atoms with Gasteiger partial charge in [-0.1, -0.05) is 12.1 Å². The van der Waals surface area contributed by atoms with Crippen molar-refractivity contribution in [1.29, 1.82) is 0 Å². The van der Waals surface area contributed by atoms with Gasteiger partial charge in [0.1, 0.15) is 11.6 Å². The average molecular weight is 421 g/mol. The molecule has 28 heavy (non-hydrogen) atoms. The second-order valence-corrected chi connectivity index (χ2v) is 5.51. The van der Waals surface area contributed by atoms with Crippen molar-refractivity contribution in [2.45, 2.75) is 24.8 Å². The molecule has 0 aromatic heterocycles. The number of nitrogens with two attached hydrogens (primary N) is 1. The van der Waals surface area contributed by atoms with Crippen LogP contribution < -0.4 is 10.5 Å². The minimum atomic E-state index is -5.37. The van der Waals surface area contributed by atoms with Crippen molar-refractivity contribution in [2.75, 3.05) is 0 Å². The zero-order valence-corrected chi connectivity index (χ0v) is 13.3. The minimum Gasteiger partial charge on any atom is -0.406 e. The predicted molar refractivity (Wildman–Crippen MR) is 75.6 cm³/mol. The summed E-state index contributed by atoms with van der Waals surface area (Å²) < 4.78 is 132. The first-order chi connectivity index (χ1) is 12.6. The van der Waals surface area contributed by atoms with Crippen LogP contribution in [0.25, 0.3) is 0 Å². The number of hydrogen-bond donors (Lipinski definition) is 1. The van der Waals surface area contributed by atoms with Gasteiger partial charge >= 0.3 is 18.7 Å². The van der Waals surface area contributed by atoms with Crippen molar-refractivity contribution in [3.8, 4) is 5.75 Å². The highest BCUT2D eigenvalue weighted by atomic mass is 19.4. The number of benzene rings is 2. The van der Waals surface area contributed by atoms with Crippen molar-refractivity contribution < 1.29 is 48.6 Å². The molecule has 12 heteroatoms. The maximum absolute atomic E-state index is 14.2. The number of halogens is 10. The summed E-state index contributed by atoms with van der Waals surface area (Å²) in [7, 11) is 0. The van der Waals surface area contributed by atoms with E-state index >= 15 is 0 Å². The Morgan fingerprint density at radius 1 is 0.786 bits per heavy atom. The van der Waals surface area contributed by atoms with E-state index in [-0.39, 0.29) is 17.7 Å². The topological polar surface area (TPSA) is 35.2 Å². The first kappa shape index (κ1) is 21.8. The van der Waals surface area contributed by atoms with Crippen molar-refractivity contribution in [1.82, 2.24) is 0 Å². The summed E-state index contributed by atoms with van der Waals surface area (Å²) in [6.07, 6.45) is -15.6. The van der Waals surface area contributed by atoms with E-state index < -0.39 is 53.0 Å². The first-order valence-electron chi connectivity index (χ1n) is 7.18. The number of alkyl halides is 9. The molecule has 2 N–H and O–H groups in total. The van der Waals surface area contributed by atoms with E-state index in [1.165, 1.54) is 0 Å². The third-order valence-electron chi connectivity index (χ3n) is 3.55. The standard InChI is InChI=1S/C16H9F10NO/c17-11-6-8(14(18,19)20)5-10(15(21,22)23)12(11)13(27)7-1-3-9(4-2-7)28-16(24,25)26/h1-6,13H,27H2/t13-/m1/s1. The van der Waals surface area contributed by atoms with Gasteiger partial charge in [-0.15, -0.1) is 13.2 Å². The highest BCUT2D eigenvalue weighted by molar-refractivity contribution is 5.43. The highest BCUT2D eigenvalue weighted by Gasteiger charge is 2.41. The molecule has 2 nitrogen and oxygen atoms in total. The molecule has 0 amide bonds. The highest BCUT2D eigenvalue weighted by Crippen LogP contribution is 2.41. The van der Waals surface area contributed by atoms with E-state index in [1.54, 1.807) is 0 Å². The van der Waals surface area contributed by atoms with Crippen LogP contribution in [0.2, 0.25) is 0 Å². The maximum atomic E-state index is 14.2. The molecule has 0 saturated carbocycles. The van der Waals surface area contributed by atoms with E-state index in [4.69, 9.17) is 5.73 Å². The second kappa shape index (κ2) is 7.15. The zero-order chi connectivity index (χ0) is 21.5. The van der Waals surface area contributed by atoms with Crippen LogP contribution in [0.3, 0.4) is 0 Å². The lowest BCUT2D eigenvalue weighted by atomic mass is 9.92. The predicted octanol–water partition coefficient (Wildman–Crippen LogP) is 5.81. The van der Waals surface area contributed by atoms with Gasteiger partial charge in [0.05, 0.1) is 17.2 Å². The largest absolute Gasteiger partial charge is 0.573 e. The summed E-state index contributed by atoms with van der Waals surface area (Å²) in [4.78, 5) is 0. The third kappa shape index (κ3) is 5.06. The lowest BCUT2D eigenvalue weighted by Gasteiger charge is -2.21. The number of hydrogen-bond acceptors (Lipinski definition) is 2. The van der Waals surface area contributed by atoms with Crippen LogP contribution in [0.5, 0.6) is 5.75 Å². The molecule has 1 atom stereocenters. The normalized spacial score (nSPS) is 14.1. The lowest BCUT2D eigenvalue weighted by Crippen LogP contribution is -2.22. The van der Waals surface area contributed by atoms with Crippen LogP contribution in [-0.4, -0.2) is 6.36 Å². The fourth-order valence-corrected chi connectivity index (χ4v) is 2.38. The van der Waals surface area contributed by atoms with Crippen LogP contribution in [0, 0.1) is 5.82 Å². The Morgan fingerprint density at radius 2 is 1.32 bits per heavy atom. The molecule has 0 fully saturated rings. The van der Waals surface area contributed by atoms with Crippen molar-refractivity contribution in [3.63, 3.8) is 0 Å². The van der Waals surface area contributed by atoms with Crippen LogP contribution in [0.15, 0.2) is 36.4 Å². The van der Waals surface area contributed by atoms with Crippen molar-refractivity contribution in [3.05, 3.63) is 64.5 Å². The first-order valence-corrected chi connectivity index (χ1v) is 7.18. The molecule has 2 aromatic carbocycles. The third-order valence-corrected chi connectivity index (χ3v) is 3.55. The molecule has 0 aliphatic rings. The quantitative estimate of drug-likeness (QED) is 0.635. The van der Waals surface area contributed by atoms with Crippen LogP contribution in [0.1, 0.15) is 28.3 Å².